The van der Waals surface area contributed by atoms with Gasteiger partial charge in [0.15, 0.2) is 0 Å². The zero-order valence-corrected chi connectivity index (χ0v) is 10.2. The second kappa shape index (κ2) is 6.94. The Labute approximate surface area is 108 Å². The lowest BCUT2D eigenvalue weighted by Crippen LogP contribution is -2.29. The molecule has 0 aliphatic heterocycles. The van der Waals surface area contributed by atoms with E-state index in [1.54, 1.807) is 0 Å². The van der Waals surface area contributed by atoms with Gasteiger partial charge in [0.2, 0.25) is 5.91 Å². The Balaban J connectivity index is 2.37. The van der Waals surface area contributed by atoms with E-state index in [1.165, 1.54) is 31.4 Å². The zero-order chi connectivity index (χ0) is 14.3. The van der Waals surface area contributed by atoms with Crippen molar-refractivity contribution >= 4 is 23.3 Å². The summed E-state index contributed by atoms with van der Waals surface area (Å²) in [5.41, 5.74) is 5.40. The summed E-state index contributed by atoms with van der Waals surface area (Å²) in [5.74, 6) is -0.853. The van der Waals surface area contributed by atoms with Gasteiger partial charge in [0.1, 0.15) is 0 Å². The molecule has 0 unspecified atom stereocenters. The van der Waals surface area contributed by atoms with Gasteiger partial charge in [-0.05, 0) is 12.1 Å². The van der Waals surface area contributed by atoms with E-state index < -0.39 is 10.9 Å². The number of rotatable bonds is 6. The topological polar surface area (TPSA) is 111 Å². The summed E-state index contributed by atoms with van der Waals surface area (Å²) in [6.45, 7) is 0. The first-order chi connectivity index (χ1) is 9.02. The van der Waals surface area contributed by atoms with E-state index in [2.05, 4.69) is 15.6 Å². The average molecular weight is 267 g/mol. The molecule has 0 atom stereocenters. The summed E-state index contributed by atoms with van der Waals surface area (Å²) in [7, 11) is 1.25. The Kier molecular flexibility index (Phi) is 5.27. The molecule has 8 nitrogen and oxygen atoms in total. The fraction of sp³-hybridized carbons (Fsp3) is 0.273. The number of carbonyl (C=O) groups is 2. The maximum atomic E-state index is 11.3. The van der Waals surface area contributed by atoms with Crippen molar-refractivity contribution in [1.82, 2.24) is 5.43 Å². The Hall–Kier alpha value is -2.64. The van der Waals surface area contributed by atoms with Crippen molar-refractivity contribution in [2.75, 3.05) is 12.5 Å². The molecule has 2 N–H and O–H groups in total. The Bertz CT molecular complexity index is 472. The molecule has 0 radical (unpaired) electrons. The van der Waals surface area contributed by atoms with Crippen molar-refractivity contribution in [3.63, 3.8) is 0 Å². The van der Waals surface area contributed by atoms with Crippen LogP contribution in [0, 0.1) is 10.1 Å². The van der Waals surface area contributed by atoms with Crippen LogP contribution in [0.4, 0.5) is 11.4 Å². The van der Waals surface area contributed by atoms with E-state index in [4.69, 9.17) is 0 Å². The monoisotopic (exact) mass is 267 g/mol. The van der Waals surface area contributed by atoms with Crippen molar-refractivity contribution in [1.29, 1.82) is 0 Å². The van der Waals surface area contributed by atoms with E-state index in [9.17, 15) is 19.7 Å². The minimum atomic E-state index is -0.515. The van der Waals surface area contributed by atoms with Crippen LogP contribution in [0.1, 0.15) is 12.8 Å². The first-order valence-electron chi connectivity index (χ1n) is 5.39. The van der Waals surface area contributed by atoms with Gasteiger partial charge >= 0.3 is 5.97 Å². The highest BCUT2D eigenvalue weighted by molar-refractivity contribution is 5.82. The zero-order valence-electron chi connectivity index (χ0n) is 10.2. The van der Waals surface area contributed by atoms with Gasteiger partial charge in [-0.1, -0.05) is 0 Å². The van der Waals surface area contributed by atoms with Crippen LogP contribution in [0.3, 0.4) is 0 Å². The highest BCUT2D eigenvalue weighted by Gasteiger charge is 2.07. The Morgan fingerprint density at radius 1 is 1.26 bits per heavy atom. The number of carbonyl (C=O) groups excluding carboxylic acids is 2. The molecule has 0 fully saturated rings. The van der Waals surface area contributed by atoms with Crippen molar-refractivity contribution in [2.24, 2.45) is 0 Å². The highest BCUT2D eigenvalue weighted by Crippen LogP contribution is 2.14. The van der Waals surface area contributed by atoms with Crippen molar-refractivity contribution in [2.45, 2.75) is 12.8 Å². The SMILES string of the molecule is COC(=O)CCC(=O)NNc1ccc([N+](=O)[O-])cc1. The summed E-state index contributed by atoms with van der Waals surface area (Å²) in [6, 6.07) is 5.53. The van der Waals surface area contributed by atoms with Crippen LogP contribution < -0.4 is 10.9 Å². The number of benzene rings is 1. The fourth-order valence-corrected chi connectivity index (χ4v) is 1.19. The number of anilines is 1. The normalized spacial score (nSPS) is 9.53. The van der Waals surface area contributed by atoms with Gasteiger partial charge in [-0.2, -0.15) is 0 Å². The molecule has 0 bridgehead atoms. The molecule has 0 spiro atoms. The summed E-state index contributed by atoms with van der Waals surface area (Å²) in [5, 5.41) is 10.4. The number of hydrogen-bond donors (Lipinski definition) is 2. The number of nitro benzene ring substituents is 1. The molecule has 1 amide bonds. The Morgan fingerprint density at radius 2 is 1.89 bits per heavy atom. The first-order valence-corrected chi connectivity index (χ1v) is 5.39. The van der Waals surface area contributed by atoms with Gasteiger partial charge in [0.25, 0.3) is 5.69 Å². The maximum absolute atomic E-state index is 11.3. The number of hydrazine groups is 1. The maximum Gasteiger partial charge on any atom is 0.306 e. The molecule has 0 heterocycles. The van der Waals surface area contributed by atoms with E-state index in [1.807, 2.05) is 0 Å². The average Bonchev–Trinajstić information content (AvgIpc) is 2.42. The number of amides is 1. The lowest BCUT2D eigenvalue weighted by molar-refractivity contribution is -0.384. The van der Waals surface area contributed by atoms with Crippen LogP contribution in [-0.2, 0) is 14.3 Å². The summed E-state index contributed by atoms with van der Waals surface area (Å²) in [6.07, 6.45) is -0.0169. The molecule has 19 heavy (non-hydrogen) atoms. The lowest BCUT2D eigenvalue weighted by Gasteiger charge is -2.07. The molecule has 1 aromatic carbocycles. The highest BCUT2D eigenvalue weighted by atomic mass is 16.6. The van der Waals surface area contributed by atoms with Crippen LogP contribution in [0.25, 0.3) is 0 Å². The molecule has 0 saturated heterocycles. The first kappa shape index (κ1) is 14.4. The molecule has 8 heteroatoms. The number of hydrogen-bond acceptors (Lipinski definition) is 6. The predicted molar refractivity (Wildman–Crippen MR) is 66.1 cm³/mol. The van der Waals surface area contributed by atoms with E-state index >= 15 is 0 Å². The number of nitrogens with one attached hydrogen (secondary N) is 2. The van der Waals surface area contributed by atoms with Crippen molar-refractivity contribution in [3.05, 3.63) is 34.4 Å². The quantitative estimate of drug-likeness (QED) is 0.451. The van der Waals surface area contributed by atoms with Gasteiger partial charge < -0.3 is 4.74 Å². The number of nitro groups is 1. The smallest absolute Gasteiger partial charge is 0.306 e. The molecule has 102 valence electrons. The van der Waals surface area contributed by atoms with Crippen molar-refractivity contribution < 1.29 is 19.2 Å². The minimum Gasteiger partial charge on any atom is -0.469 e. The summed E-state index contributed by atoms with van der Waals surface area (Å²) >= 11 is 0. The third-order valence-corrected chi connectivity index (χ3v) is 2.21. The van der Waals surface area contributed by atoms with Crippen LogP contribution in [-0.4, -0.2) is 23.9 Å². The van der Waals surface area contributed by atoms with Crippen LogP contribution in [0.2, 0.25) is 0 Å². The number of nitrogens with zero attached hydrogens (tertiary/aromatic N) is 1. The number of ether oxygens (including phenoxy) is 1. The fourth-order valence-electron chi connectivity index (χ4n) is 1.19. The molecule has 0 saturated carbocycles. The van der Waals surface area contributed by atoms with E-state index in [0.717, 1.165) is 0 Å². The van der Waals surface area contributed by atoms with Gasteiger partial charge in [0, 0.05) is 18.6 Å². The molecule has 1 rings (SSSR count). The Morgan fingerprint density at radius 3 is 2.42 bits per heavy atom. The van der Waals surface area contributed by atoms with Gasteiger partial charge in [-0.3, -0.25) is 30.6 Å². The number of esters is 1. The van der Waals surface area contributed by atoms with E-state index in [-0.39, 0.29) is 24.4 Å². The van der Waals surface area contributed by atoms with E-state index in [0.29, 0.717) is 5.69 Å². The lowest BCUT2D eigenvalue weighted by atomic mass is 10.3. The van der Waals surface area contributed by atoms with Crippen LogP contribution in [0.15, 0.2) is 24.3 Å². The van der Waals surface area contributed by atoms with Gasteiger partial charge in [0.05, 0.1) is 24.1 Å². The number of non-ortho nitro benzene ring substituents is 1. The molecule has 1 aromatic rings. The van der Waals surface area contributed by atoms with Crippen molar-refractivity contribution in [3.8, 4) is 0 Å². The molecular formula is C11H13N3O5. The summed E-state index contributed by atoms with van der Waals surface area (Å²) in [4.78, 5) is 32.0. The second-order valence-electron chi connectivity index (χ2n) is 3.55. The standard InChI is InChI=1S/C11H13N3O5/c1-19-11(16)7-6-10(15)13-12-8-2-4-9(5-3-8)14(17)18/h2-5,12H,6-7H2,1H3,(H,13,15). The van der Waals surface area contributed by atoms with Crippen LogP contribution in [0.5, 0.6) is 0 Å². The summed E-state index contributed by atoms with van der Waals surface area (Å²) < 4.78 is 4.40. The van der Waals surface area contributed by atoms with Crippen LogP contribution >= 0.6 is 0 Å². The molecule has 0 aromatic heterocycles. The minimum absolute atomic E-state index is 0.00729. The molecule has 0 aliphatic carbocycles. The van der Waals surface area contributed by atoms with Gasteiger partial charge in [-0.25, -0.2) is 0 Å². The predicted octanol–water partition coefficient (Wildman–Crippen LogP) is 0.991. The third-order valence-electron chi connectivity index (χ3n) is 2.21. The largest absolute Gasteiger partial charge is 0.469 e. The van der Waals surface area contributed by atoms with Gasteiger partial charge in [-0.15, -0.1) is 0 Å². The molecular weight excluding hydrogens is 254 g/mol. The third kappa shape index (κ3) is 5.02. The molecule has 0 aliphatic rings. The second-order valence-corrected chi connectivity index (χ2v) is 3.55. The number of methoxy groups -OCH3 is 1.